The van der Waals surface area contributed by atoms with Gasteiger partial charge in [0.2, 0.25) is 5.91 Å². The Balaban J connectivity index is 2.02. The van der Waals surface area contributed by atoms with Crippen LogP contribution >= 0.6 is 0 Å². The van der Waals surface area contributed by atoms with Crippen molar-refractivity contribution in [3.8, 4) is 0 Å². The van der Waals surface area contributed by atoms with Gasteiger partial charge in [0.1, 0.15) is 5.71 Å². The number of hydrogen-bond donors (Lipinski definition) is 2. The fourth-order valence-electron chi connectivity index (χ4n) is 1.80. The van der Waals surface area contributed by atoms with Gasteiger partial charge in [0, 0.05) is 38.2 Å². The zero-order valence-electron chi connectivity index (χ0n) is 11.8. The lowest BCUT2D eigenvalue weighted by atomic mass is 10.1. The fraction of sp³-hybridized carbons (Fsp3) is 0.286. The number of hydrazone groups is 1. The molecule has 0 unspecified atom stereocenters. The molecule has 7 heteroatoms. The smallest absolute Gasteiger partial charge is 0.271 e. The number of anilines is 1. The van der Waals surface area contributed by atoms with E-state index in [1.54, 1.807) is 38.4 Å². The van der Waals surface area contributed by atoms with E-state index in [2.05, 4.69) is 15.8 Å². The predicted molar refractivity (Wildman–Crippen MR) is 77.9 cm³/mol. The summed E-state index contributed by atoms with van der Waals surface area (Å²) in [5.74, 6) is -0.660. The molecular weight excluding hydrogens is 272 g/mol. The van der Waals surface area contributed by atoms with Crippen LogP contribution in [0.3, 0.4) is 0 Å². The summed E-state index contributed by atoms with van der Waals surface area (Å²) in [6.07, 6.45) is 0.567. The Morgan fingerprint density at radius 3 is 2.38 bits per heavy atom. The van der Waals surface area contributed by atoms with Gasteiger partial charge >= 0.3 is 0 Å². The molecule has 0 spiro atoms. The monoisotopic (exact) mass is 288 g/mol. The van der Waals surface area contributed by atoms with E-state index in [1.165, 1.54) is 4.90 Å². The third kappa shape index (κ3) is 3.65. The van der Waals surface area contributed by atoms with Crippen LogP contribution in [0, 0.1) is 0 Å². The van der Waals surface area contributed by atoms with Crippen LogP contribution in [0.2, 0.25) is 0 Å². The molecule has 2 N–H and O–H groups in total. The molecule has 0 bridgehead atoms. The molecule has 0 aromatic heterocycles. The number of hydrogen-bond acceptors (Lipinski definition) is 4. The fourth-order valence-corrected chi connectivity index (χ4v) is 1.80. The van der Waals surface area contributed by atoms with Crippen LogP contribution in [0.25, 0.3) is 0 Å². The lowest BCUT2D eigenvalue weighted by Crippen LogP contribution is -2.32. The number of nitrogens with one attached hydrogen (secondary N) is 2. The van der Waals surface area contributed by atoms with Crippen LogP contribution in [0.1, 0.15) is 23.2 Å². The van der Waals surface area contributed by atoms with Crippen LogP contribution in [-0.2, 0) is 9.59 Å². The average Bonchev–Trinajstić information content (AvgIpc) is 2.47. The molecule has 110 valence electrons. The minimum atomic E-state index is -0.360. The zero-order valence-corrected chi connectivity index (χ0v) is 11.8. The highest BCUT2D eigenvalue weighted by atomic mass is 16.2. The van der Waals surface area contributed by atoms with Crippen LogP contribution in [-0.4, -0.2) is 42.4 Å². The van der Waals surface area contributed by atoms with E-state index in [4.69, 9.17) is 0 Å². The highest BCUT2D eigenvalue weighted by molar-refractivity contribution is 6.43. The summed E-state index contributed by atoms with van der Waals surface area (Å²) in [4.78, 5) is 36.1. The van der Waals surface area contributed by atoms with Crippen molar-refractivity contribution in [1.29, 1.82) is 0 Å². The SMILES string of the molecule is CN(C)C(=O)c1ccc(NC(=O)C2=NNC(=O)CC2)cc1. The van der Waals surface area contributed by atoms with Gasteiger partial charge in [0.15, 0.2) is 0 Å². The van der Waals surface area contributed by atoms with Crippen molar-refractivity contribution in [2.24, 2.45) is 5.10 Å². The lowest BCUT2D eigenvalue weighted by molar-refractivity contribution is -0.121. The summed E-state index contributed by atoms with van der Waals surface area (Å²) >= 11 is 0. The van der Waals surface area contributed by atoms with Gasteiger partial charge in [-0.25, -0.2) is 5.43 Å². The first-order valence-electron chi connectivity index (χ1n) is 6.46. The number of rotatable bonds is 3. The van der Waals surface area contributed by atoms with E-state index >= 15 is 0 Å². The molecule has 0 atom stereocenters. The van der Waals surface area contributed by atoms with Crippen molar-refractivity contribution in [2.45, 2.75) is 12.8 Å². The van der Waals surface area contributed by atoms with E-state index in [9.17, 15) is 14.4 Å². The Bertz CT molecular complexity index is 605. The van der Waals surface area contributed by atoms with E-state index in [0.29, 0.717) is 17.7 Å². The number of nitrogens with zero attached hydrogens (tertiary/aromatic N) is 2. The van der Waals surface area contributed by atoms with Gasteiger partial charge in [-0.05, 0) is 24.3 Å². The molecule has 0 saturated heterocycles. The molecule has 7 nitrogen and oxygen atoms in total. The molecule has 3 amide bonds. The Morgan fingerprint density at radius 1 is 1.19 bits per heavy atom. The van der Waals surface area contributed by atoms with Gasteiger partial charge in [0.25, 0.3) is 11.8 Å². The first kappa shape index (κ1) is 14.7. The molecule has 0 radical (unpaired) electrons. The summed E-state index contributed by atoms with van der Waals surface area (Å²) in [6, 6.07) is 6.58. The number of carbonyl (C=O) groups excluding carboxylic acids is 3. The minimum absolute atomic E-state index is 0.104. The second-order valence-electron chi connectivity index (χ2n) is 4.82. The Labute approximate surface area is 122 Å². The van der Waals surface area contributed by atoms with Gasteiger partial charge in [-0.15, -0.1) is 0 Å². The molecule has 0 aliphatic carbocycles. The van der Waals surface area contributed by atoms with Crippen molar-refractivity contribution in [3.63, 3.8) is 0 Å². The molecule has 1 aromatic rings. The second kappa shape index (κ2) is 6.17. The molecule has 0 fully saturated rings. The van der Waals surface area contributed by atoms with E-state index in [-0.39, 0.29) is 29.9 Å². The summed E-state index contributed by atoms with van der Waals surface area (Å²) in [5.41, 5.74) is 3.66. The maximum atomic E-state index is 11.9. The summed E-state index contributed by atoms with van der Waals surface area (Å²) in [6.45, 7) is 0. The standard InChI is InChI=1S/C14H16N4O3/c1-18(2)14(21)9-3-5-10(6-4-9)15-13(20)11-7-8-12(19)17-16-11/h3-6H,7-8H2,1-2H3,(H,15,20)(H,17,19). The highest BCUT2D eigenvalue weighted by Crippen LogP contribution is 2.12. The molecule has 1 aliphatic rings. The van der Waals surface area contributed by atoms with E-state index < -0.39 is 0 Å². The first-order valence-corrected chi connectivity index (χ1v) is 6.46. The maximum absolute atomic E-state index is 11.9. The maximum Gasteiger partial charge on any atom is 0.271 e. The van der Waals surface area contributed by atoms with Crippen molar-refractivity contribution < 1.29 is 14.4 Å². The molecule has 1 heterocycles. The molecule has 21 heavy (non-hydrogen) atoms. The second-order valence-corrected chi connectivity index (χ2v) is 4.82. The van der Waals surface area contributed by atoms with Gasteiger partial charge < -0.3 is 10.2 Å². The van der Waals surface area contributed by atoms with Crippen LogP contribution in [0.4, 0.5) is 5.69 Å². The van der Waals surface area contributed by atoms with Crippen LogP contribution in [0.15, 0.2) is 29.4 Å². The third-order valence-corrected chi connectivity index (χ3v) is 2.96. The molecular formula is C14H16N4O3. The molecule has 1 aliphatic heterocycles. The quantitative estimate of drug-likeness (QED) is 0.853. The van der Waals surface area contributed by atoms with Crippen molar-refractivity contribution in [1.82, 2.24) is 10.3 Å². The number of amides is 3. The van der Waals surface area contributed by atoms with Crippen molar-refractivity contribution >= 4 is 29.1 Å². The lowest BCUT2D eigenvalue weighted by Gasteiger charge is -2.13. The first-order chi connectivity index (χ1) is 9.97. The molecule has 0 saturated carbocycles. The predicted octanol–water partition coefficient (Wildman–Crippen LogP) is 0.593. The normalized spacial score (nSPS) is 14.0. The number of benzene rings is 1. The van der Waals surface area contributed by atoms with Gasteiger partial charge in [-0.3, -0.25) is 14.4 Å². The van der Waals surface area contributed by atoms with Gasteiger partial charge in [0.05, 0.1) is 0 Å². The summed E-state index contributed by atoms with van der Waals surface area (Å²) in [7, 11) is 3.35. The third-order valence-electron chi connectivity index (χ3n) is 2.96. The van der Waals surface area contributed by atoms with Gasteiger partial charge in [-0.1, -0.05) is 0 Å². The number of carbonyl (C=O) groups is 3. The van der Waals surface area contributed by atoms with Crippen molar-refractivity contribution in [3.05, 3.63) is 29.8 Å². The highest BCUT2D eigenvalue weighted by Gasteiger charge is 2.18. The van der Waals surface area contributed by atoms with Crippen LogP contribution in [0.5, 0.6) is 0 Å². The minimum Gasteiger partial charge on any atom is -0.345 e. The summed E-state index contributed by atoms with van der Waals surface area (Å²) < 4.78 is 0. The van der Waals surface area contributed by atoms with Gasteiger partial charge in [-0.2, -0.15) is 5.10 Å². The van der Waals surface area contributed by atoms with Crippen LogP contribution < -0.4 is 10.7 Å². The average molecular weight is 288 g/mol. The van der Waals surface area contributed by atoms with E-state index in [1.807, 2.05) is 0 Å². The zero-order chi connectivity index (χ0) is 15.4. The van der Waals surface area contributed by atoms with Crippen molar-refractivity contribution in [2.75, 3.05) is 19.4 Å². The largest absolute Gasteiger partial charge is 0.345 e. The Kier molecular flexibility index (Phi) is 4.32. The Morgan fingerprint density at radius 2 is 1.86 bits per heavy atom. The summed E-state index contributed by atoms with van der Waals surface area (Å²) in [5, 5.41) is 6.40. The topological polar surface area (TPSA) is 90.9 Å². The molecule has 2 rings (SSSR count). The molecule has 1 aromatic carbocycles. The van der Waals surface area contributed by atoms with E-state index in [0.717, 1.165) is 0 Å². The Hall–Kier alpha value is -2.70.